The molecule has 0 aliphatic rings. The van der Waals surface area contributed by atoms with Gasteiger partial charge in [-0.25, -0.2) is 4.57 Å². The highest BCUT2D eigenvalue weighted by Gasteiger charge is 2.22. The van der Waals surface area contributed by atoms with Crippen molar-refractivity contribution in [2.75, 3.05) is 13.2 Å². The number of carbonyl (C=O) groups is 3. The van der Waals surface area contributed by atoms with Gasteiger partial charge < -0.3 is 19.3 Å². The Bertz CT molecular complexity index is 866. The van der Waals surface area contributed by atoms with Crippen LogP contribution in [0, 0.1) is 0 Å². The number of carbonyl (C=O) groups excluding carboxylic acids is 3. The average molecular weight is 673 g/mol. The van der Waals surface area contributed by atoms with Gasteiger partial charge in [0.15, 0.2) is 11.9 Å². The van der Waals surface area contributed by atoms with Crippen LogP contribution in [0.5, 0.6) is 0 Å². The SMILES string of the molecule is CCCCCCCCCCCCCCC(=O)O[C@H](COC(=O)CCCCCCC/C=C\C=C\C(=O)CCCCC)COP(=O)(O)O. The normalized spacial score (nSPS) is 12.6. The first-order valence-corrected chi connectivity index (χ1v) is 19.6. The molecule has 0 amide bonds. The molecule has 0 aliphatic carbocycles. The van der Waals surface area contributed by atoms with Crippen molar-refractivity contribution in [3.05, 3.63) is 24.3 Å². The molecule has 0 rings (SSSR count). The van der Waals surface area contributed by atoms with Crippen molar-refractivity contribution < 1.29 is 42.7 Å². The molecular formula is C36H65O9P. The Morgan fingerprint density at radius 3 is 1.65 bits per heavy atom. The van der Waals surface area contributed by atoms with Crippen LogP contribution in [0.4, 0.5) is 0 Å². The Kier molecular flexibility index (Phi) is 30.5. The number of phosphoric acid groups is 1. The summed E-state index contributed by atoms with van der Waals surface area (Å²) < 4.78 is 26.2. The molecule has 2 N–H and O–H groups in total. The Morgan fingerprint density at radius 1 is 0.609 bits per heavy atom. The van der Waals surface area contributed by atoms with Gasteiger partial charge in [0.05, 0.1) is 6.61 Å². The van der Waals surface area contributed by atoms with Crippen molar-refractivity contribution >= 4 is 25.5 Å². The summed E-state index contributed by atoms with van der Waals surface area (Å²) in [6.45, 7) is 3.48. The van der Waals surface area contributed by atoms with Crippen LogP contribution < -0.4 is 0 Å². The highest BCUT2D eigenvalue weighted by atomic mass is 31.2. The highest BCUT2D eigenvalue weighted by molar-refractivity contribution is 7.46. The zero-order valence-electron chi connectivity index (χ0n) is 29.0. The molecule has 1 atom stereocenters. The van der Waals surface area contributed by atoms with Crippen LogP contribution in [0.2, 0.25) is 0 Å². The number of esters is 2. The maximum atomic E-state index is 12.3. The van der Waals surface area contributed by atoms with E-state index in [1.54, 1.807) is 6.08 Å². The molecule has 0 heterocycles. The number of unbranched alkanes of at least 4 members (excludes halogenated alkanes) is 18. The molecule has 0 aromatic carbocycles. The van der Waals surface area contributed by atoms with Gasteiger partial charge in [0.1, 0.15) is 6.61 Å². The molecule has 0 spiro atoms. The molecule has 10 heteroatoms. The van der Waals surface area contributed by atoms with Gasteiger partial charge in [0.2, 0.25) is 0 Å². The van der Waals surface area contributed by atoms with E-state index in [4.69, 9.17) is 19.3 Å². The number of rotatable bonds is 33. The lowest BCUT2D eigenvalue weighted by Gasteiger charge is -2.18. The Morgan fingerprint density at radius 2 is 1.09 bits per heavy atom. The molecule has 0 radical (unpaired) electrons. The minimum Gasteiger partial charge on any atom is -0.462 e. The summed E-state index contributed by atoms with van der Waals surface area (Å²) in [7, 11) is -4.76. The summed E-state index contributed by atoms with van der Waals surface area (Å²) in [5.74, 6) is -0.769. The summed E-state index contributed by atoms with van der Waals surface area (Å²) in [5.41, 5.74) is 0. The van der Waals surface area contributed by atoms with Gasteiger partial charge in [-0.05, 0) is 38.2 Å². The van der Waals surface area contributed by atoms with E-state index < -0.39 is 32.5 Å². The lowest BCUT2D eigenvalue weighted by atomic mass is 10.0. The zero-order valence-corrected chi connectivity index (χ0v) is 29.9. The second kappa shape index (κ2) is 31.8. The number of allylic oxidation sites excluding steroid dienone is 4. The Labute approximate surface area is 279 Å². The number of phosphoric ester groups is 1. The van der Waals surface area contributed by atoms with Gasteiger partial charge in [-0.3, -0.25) is 18.9 Å². The lowest BCUT2D eigenvalue weighted by Crippen LogP contribution is -2.29. The highest BCUT2D eigenvalue weighted by Crippen LogP contribution is 2.36. The zero-order chi connectivity index (χ0) is 34.1. The number of hydrogen-bond donors (Lipinski definition) is 2. The largest absolute Gasteiger partial charge is 0.469 e. The van der Waals surface area contributed by atoms with Gasteiger partial charge in [-0.1, -0.05) is 135 Å². The maximum absolute atomic E-state index is 12.3. The van der Waals surface area contributed by atoms with Gasteiger partial charge in [-0.15, -0.1) is 0 Å². The molecule has 0 saturated heterocycles. The summed E-state index contributed by atoms with van der Waals surface area (Å²) in [5, 5.41) is 0. The molecule has 0 unspecified atom stereocenters. The van der Waals surface area contributed by atoms with Crippen LogP contribution in [-0.4, -0.2) is 46.8 Å². The molecule has 0 aromatic rings. The van der Waals surface area contributed by atoms with E-state index in [0.717, 1.165) is 70.6 Å². The minimum atomic E-state index is -4.76. The molecule has 0 fully saturated rings. The van der Waals surface area contributed by atoms with Crippen molar-refractivity contribution in [2.45, 2.75) is 174 Å². The van der Waals surface area contributed by atoms with Crippen molar-refractivity contribution in [3.63, 3.8) is 0 Å². The van der Waals surface area contributed by atoms with Gasteiger partial charge in [0, 0.05) is 19.3 Å². The van der Waals surface area contributed by atoms with Crippen LogP contribution in [0.15, 0.2) is 24.3 Å². The Hall–Kier alpha value is -1.80. The van der Waals surface area contributed by atoms with Crippen LogP contribution in [0.25, 0.3) is 0 Å². The van der Waals surface area contributed by atoms with Crippen LogP contribution in [-0.2, 0) is 32.9 Å². The topological polar surface area (TPSA) is 136 Å². The summed E-state index contributed by atoms with van der Waals surface area (Å²) in [6, 6.07) is 0. The maximum Gasteiger partial charge on any atom is 0.469 e. The van der Waals surface area contributed by atoms with Crippen molar-refractivity contribution in [3.8, 4) is 0 Å². The predicted octanol–water partition coefficient (Wildman–Crippen LogP) is 9.63. The first-order chi connectivity index (χ1) is 22.2. The monoisotopic (exact) mass is 672 g/mol. The molecule has 9 nitrogen and oxygen atoms in total. The van der Waals surface area contributed by atoms with E-state index in [-0.39, 0.29) is 25.2 Å². The third-order valence-corrected chi connectivity index (χ3v) is 8.18. The van der Waals surface area contributed by atoms with E-state index in [9.17, 15) is 18.9 Å². The standard InChI is InChI=1S/C36H65O9P/c1-3-5-7-8-9-10-11-12-15-19-22-26-30-36(39)45-34(32-44-46(40,41)42)31-43-35(38)29-25-21-18-16-13-14-17-20-24-28-33(37)27-23-6-4-2/h17,20,24,28,34H,3-16,18-19,21-23,25-27,29-32H2,1-2H3,(H2,40,41,42)/b20-17-,28-24+/t34-/m1/s1. The molecule has 0 aromatic heterocycles. The third kappa shape index (κ3) is 33.6. The fourth-order valence-electron chi connectivity index (χ4n) is 4.94. The van der Waals surface area contributed by atoms with Gasteiger partial charge in [0.25, 0.3) is 0 Å². The van der Waals surface area contributed by atoms with Crippen LogP contribution in [0.3, 0.4) is 0 Å². The molecular weight excluding hydrogens is 607 g/mol. The van der Waals surface area contributed by atoms with Crippen molar-refractivity contribution in [1.82, 2.24) is 0 Å². The fraction of sp³-hybridized carbons (Fsp3) is 0.806. The molecule has 0 aliphatic heterocycles. The summed E-state index contributed by atoms with van der Waals surface area (Å²) >= 11 is 0. The molecule has 268 valence electrons. The second-order valence-electron chi connectivity index (χ2n) is 12.2. The average Bonchev–Trinajstić information content (AvgIpc) is 3.01. The van der Waals surface area contributed by atoms with E-state index in [1.807, 2.05) is 12.2 Å². The minimum absolute atomic E-state index is 0.174. The van der Waals surface area contributed by atoms with Crippen LogP contribution in [0.1, 0.15) is 168 Å². The van der Waals surface area contributed by atoms with E-state index in [2.05, 4.69) is 24.4 Å². The fourth-order valence-corrected chi connectivity index (χ4v) is 5.30. The molecule has 46 heavy (non-hydrogen) atoms. The Balaban J connectivity index is 4.05. The molecule has 0 saturated carbocycles. The van der Waals surface area contributed by atoms with E-state index in [0.29, 0.717) is 19.3 Å². The first-order valence-electron chi connectivity index (χ1n) is 18.1. The number of ether oxygens (including phenoxy) is 2. The smallest absolute Gasteiger partial charge is 0.462 e. The number of hydrogen-bond acceptors (Lipinski definition) is 7. The van der Waals surface area contributed by atoms with Crippen LogP contribution >= 0.6 is 7.82 Å². The van der Waals surface area contributed by atoms with Crippen molar-refractivity contribution in [2.24, 2.45) is 0 Å². The number of ketones is 1. The van der Waals surface area contributed by atoms with Crippen molar-refractivity contribution in [1.29, 1.82) is 0 Å². The van der Waals surface area contributed by atoms with E-state index in [1.165, 1.54) is 51.4 Å². The van der Waals surface area contributed by atoms with Gasteiger partial charge >= 0.3 is 19.8 Å². The third-order valence-electron chi connectivity index (χ3n) is 7.70. The lowest BCUT2D eigenvalue weighted by molar-refractivity contribution is -0.161. The quantitative estimate of drug-likeness (QED) is 0.0229. The summed E-state index contributed by atoms with van der Waals surface area (Å²) in [6.07, 6.45) is 30.2. The molecule has 0 bridgehead atoms. The first kappa shape index (κ1) is 44.2. The van der Waals surface area contributed by atoms with E-state index >= 15 is 0 Å². The van der Waals surface area contributed by atoms with Gasteiger partial charge in [-0.2, -0.15) is 0 Å². The summed E-state index contributed by atoms with van der Waals surface area (Å²) in [4.78, 5) is 54.3. The second-order valence-corrected chi connectivity index (χ2v) is 13.5. The predicted molar refractivity (Wildman–Crippen MR) is 184 cm³/mol.